The molecule has 0 amide bonds. The predicted molar refractivity (Wildman–Crippen MR) is 95.1 cm³/mol. The Hall–Kier alpha value is -3.59. The summed E-state index contributed by atoms with van der Waals surface area (Å²) in [5.74, 6) is 0.542. The normalized spacial score (nSPS) is 11.3. The number of ether oxygens (including phenoxy) is 1. The van der Waals surface area contributed by atoms with Crippen LogP contribution in [0.15, 0.2) is 47.3 Å². The molecule has 0 aliphatic heterocycles. The van der Waals surface area contributed by atoms with Gasteiger partial charge in [-0.25, -0.2) is 4.98 Å². The molecule has 3 rings (SSSR count). The molecule has 1 aromatic heterocycles. The highest BCUT2D eigenvalue weighted by Crippen LogP contribution is 2.28. The van der Waals surface area contributed by atoms with Crippen LogP contribution in [0.2, 0.25) is 0 Å². The lowest BCUT2D eigenvalue weighted by molar-refractivity contribution is 0.318. The number of rotatable bonds is 4. The van der Waals surface area contributed by atoms with Crippen molar-refractivity contribution >= 4 is 22.6 Å². The van der Waals surface area contributed by atoms with E-state index in [9.17, 15) is 15.2 Å². The summed E-state index contributed by atoms with van der Waals surface area (Å²) in [5, 5.41) is 19.7. The first-order valence-electron chi connectivity index (χ1n) is 7.69. The molecule has 0 spiro atoms. The Bertz CT molecular complexity index is 1060. The number of nitrogens with zero attached hydrogens (tertiary/aromatic N) is 2. The number of fused-ring (bicyclic) bond motifs is 1. The lowest BCUT2D eigenvalue weighted by atomic mass is 10.1. The van der Waals surface area contributed by atoms with Gasteiger partial charge in [-0.15, -0.1) is 0 Å². The molecule has 0 saturated carbocycles. The van der Waals surface area contributed by atoms with Crippen LogP contribution in [0.5, 0.6) is 11.5 Å². The van der Waals surface area contributed by atoms with Crippen molar-refractivity contribution in [2.24, 2.45) is 0 Å². The van der Waals surface area contributed by atoms with Crippen LogP contribution in [-0.4, -0.2) is 21.7 Å². The van der Waals surface area contributed by atoms with Crippen molar-refractivity contribution in [3.05, 3.63) is 64.2 Å². The van der Waals surface area contributed by atoms with Crippen LogP contribution in [0.25, 0.3) is 22.6 Å². The highest BCUT2D eigenvalue weighted by molar-refractivity contribution is 5.89. The van der Waals surface area contributed by atoms with Crippen LogP contribution in [0.3, 0.4) is 0 Å². The Balaban J connectivity index is 2.09. The fourth-order valence-electron chi connectivity index (χ4n) is 2.43. The summed E-state index contributed by atoms with van der Waals surface area (Å²) in [5.41, 5.74) is 1.06. The molecule has 1 heterocycles. The molecule has 6 heteroatoms. The van der Waals surface area contributed by atoms with Gasteiger partial charge in [0.15, 0.2) is 17.3 Å². The first-order valence-corrected chi connectivity index (χ1v) is 7.69. The minimum Gasteiger partial charge on any atom is -0.504 e. The zero-order valence-corrected chi connectivity index (χ0v) is 13.5. The second kappa shape index (κ2) is 6.89. The molecule has 2 aromatic carbocycles. The summed E-state index contributed by atoms with van der Waals surface area (Å²) >= 11 is 0. The van der Waals surface area contributed by atoms with E-state index in [4.69, 9.17) is 4.74 Å². The van der Waals surface area contributed by atoms with E-state index in [0.717, 1.165) is 0 Å². The summed E-state index contributed by atoms with van der Waals surface area (Å²) in [7, 11) is 0. The topological polar surface area (TPSA) is 99.0 Å². The fraction of sp³-hybridized carbons (Fsp3) is 0.105. The summed E-state index contributed by atoms with van der Waals surface area (Å²) < 4.78 is 5.34. The molecule has 0 bridgehead atoms. The standard InChI is InChI=1S/C19H15N3O3/c1-2-25-17-10-12(7-8-16(17)23)9-13(11-20)18-21-15-6-4-3-5-14(15)19(24)22-18/h3-10,23H,2H2,1H3,(H,21,22,24)/b13-9+. The van der Waals surface area contributed by atoms with E-state index in [2.05, 4.69) is 9.97 Å². The second-order valence-corrected chi connectivity index (χ2v) is 5.26. The van der Waals surface area contributed by atoms with Gasteiger partial charge in [0.25, 0.3) is 5.56 Å². The number of aromatic amines is 1. The van der Waals surface area contributed by atoms with E-state index in [1.807, 2.05) is 13.0 Å². The monoisotopic (exact) mass is 333 g/mol. The highest BCUT2D eigenvalue weighted by Gasteiger charge is 2.09. The van der Waals surface area contributed by atoms with E-state index >= 15 is 0 Å². The predicted octanol–water partition coefficient (Wildman–Crippen LogP) is 3.09. The van der Waals surface area contributed by atoms with Crippen LogP contribution in [0.1, 0.15) is 18.3 Å². The van der Waals surface area contributed by atoms with E-state index in [1.54, 1.807) is 42.5 Å². The van der Waals surface area contributed by atoms with Gasteiger partial charge in [-0.1, -0.05) is 18.2 Å². The third-order valence-electron chi connectivity index (χ3n) is 3.58. The number of phenolic OH excluding ortho intramolecular Hbond substituents is 1. The molecule has 0 aliphatic rings. The van der Waals surface area contributed by atoms with Gasteiger partial charge < -0.3 is 14.8 Å². The Kier molecular flexibility index (Phi) is 4.48. The van der Waals surface area contributed by atoms with Gasteiger partial charge in [0.05, 0.1) is 23.1 Å². The number of benzene rings is 2. The van der Waals surface area contributed by atoms with Crippen molar-refractivity contribution in [1.82, 2.24) is 9.97 Å². The number of hydrogen-bond acceptors (Lipinski definition) is 5. The first-order chi connectivity index (χ1) is 12.1. The maximum atomic E-state index is 12.2. The Morgan fingerprint density at radius 3 is 2.92 bits per heavy atom. The number of allylic oxidation sites excluding steroid dienone is 1. The first kappa shape index (κ1) is 16.3. The van der Waals surface area contributed by atoms with Crippen molar-refractivity contribution in [1.29, 1.82) is 5.26 Å². The van der Waals surface area contributed by atoms with E-state index in [0.29, 0.717) is 28.8 Å². The summed E-state index contributed by atoms with van der Waals surface area (Å²) in [6, 6.07) is 13.7. The molecule has 0 radical (unpaired) electrons. The average Bonchev–Trinajstić information content (AvgIpc) is 2.62. The lowest BCUT2D eigenvalue weighted by Gasteiger charge is -2.07. The van der Waals surface area contributed by atoms with Crippen LogP contribution in [-0.2, 0) is 0 Å². The molecule has 0 fully saturated rings. The quantitative estimate of drug-likeness (QED) is 0.715. The molecule has 124 valence electrons. The van der Waals surface area contributed by atoms with Gasteiger partial charge >= 0.3 is 0 Å². The number of H-pyrrole nitrogens is 1. The van der Waals surface area contributed by atoms with Gasteiger partial charge in [0.1, 0.15) is 6.07 Å². The average molecular weight is 333 g/mol. The Labute approximate surface area is 143 Å². The molecule has 0 aliphatic carbocycles. The zero-order valence-electron chi connectivity index (χ0n) is 13.5. The number of aromatic nitrogens is 2. The van der Waals surface area contributed by atoms with E-state index in [1.165, 1.54) is 6.07 Å². The SMILES string of the molecule is CCOc1cc(/C=C(\C#N)c2nc3ccccc3c(=O)[nH]2)ccc1O. The highest BCUT2D eigenvalue weighted by atomic mass is 16.5. The van der Waals surface area contributed by atoms with Gasteiger partial charge in [0, 0.05) is 0 Å². The maximum Gasteiger partial charge on any atom is 0.259 e. The number of phenols is 1. The summed E-state index contributed by atoms with van der Waals surface area (Å²) in [6.07, 6.45) is 1.58. The number of para-hydroxylation sites is 1. The summed E-state index contributed by atoms with van der Waals surface area (Å²) in [4.78, 5) is 19.2. The van der Waals surface area contributed by atoms with Crippen molar-refractivity contribution in [2.45, 2.75) is 6.92 Å². The third kappa shape index (κ3) is 3.35. The minimum absolute atomic E-state index is 0.0229. The smallest absolute Gasteiger partial charge is 0.259 e. The fourth-order valence-corrected chi connectivity index (χ4v) is 2.43. The van der Waals surface area contributed by atoms with E-state index < -0.39 is 0 Å². The second-order valence-electron chi connectivity index (χ2n) is 5.26. The number of aromatic hydroxyl groups is 1. The third-order valence-corrected chi connectivity index (χ3v) is 3.58. The van der Waals surface area contributed by atoms with Crippen molar-refractivity contribution < 1.29 is 9.84 Å². The van der Waals surface area contributed by atoms with E-state index in [-0.39, 0.29) is 22.7 Å². The molecule has 2 N–H and O–H groups in total. The maximum absolute atomic E-state index is 12.2. The van der Waals surface area contributed by atoms with Crippen LogP contribution >= 0.6 is 0 Å². The van der Waals surface area contributed by atoms with Crippen molar-refractivity contribution in [2.75, 3.05) is 6.61 Å². The number of nitriles is 1. The lowest BCUT2D eigenvalue weighted by Crippen LogP contribution is -2.11. The number of hydrogen-bond donors (Lipinski definition) is 2. The minimum atomic E-state index is -0.303. The molecule has 0 atom stereocenters. The molecule has 3 aromatic rings. The van der Waals surface area contributed by atoms with Gasteiger partial charge in [-0.05, 0) is 42.8 Å². The molecular formula is C19H15N3O3. The molecular weight excluding hydrogens is 318 g/mol. The number of nitrogens with one attached hydrogen (secondary N) is 1. The Morgan fingerprint density at radius 2 is 2.16 bits per heavy atom. The van der Waals surface area contributed by atoms with Crippen molar-refractivity contribution in [3.63, 3.8) is 0 Å². The molecule has 25 heavy (non-hydrogen) atoms. The molecule has 6 nitrogen and oxygen atoms in total. The largest absolute Gasteiger partial charge is 0.504 e. The summed E-state index contributed by atoms with van der Waals surface area (Å²) in [6.45, 7) is 2.22. The van der Waals surface area contributed by atoms with Crippen LogP contribution in [0, 0.1) is 11.3 Å². The Morgan fingerprint density at radius 1 is 1.36 bits per heavy atom. The van der Waals surface area contributed by atoms with Crippen molar-refractivity contribution in [3.8, 4) is 17.6 Å². The van der Waals surface area contributed by atoms with Gasteiger partial charge in [-0.2, -0.15) is 5.26 Å². The van der Waals surface area contributed by atoms with Gasteiger partial charge in [-0.3, -0.25) is 4.79 Å². The molecule has 0 saturated heterocycles. The van der Waals surface area contributed by atoms with Crippen LogP contribution < -0.4 is 10.3 Å². The van der Waals surface area contributed by atoms with Gasteiger partial charge in [0.2, 0.25) is 0 Å². The molecule has 0 unspecified atom stereocenters. The zero-order chi connectivity index (χ0) is 17.8. The van der Waals surface area contributed by atoms with Crippen LogP contribution in [0.4, 0.5) is 0 Å².